The van der Waals surface area contributed by atoms with E-state index in [0.29, 0.717) is 12.6 Å². The van der Waals surface area contributed by atoms with E-state index in [-0.39, 0.29) is 0 Å². The molecular formula is C11H13N3O2. The molecule has 0 bridgehead atoms. The van der Waals surface area contributed by atoms with Gasteiger partial charge in [-0.2, -0.15) is 0 Å². The summed E-state index contributed by atoms with van der Waals surface area (Å²) in [6, 6.07) is 4.21. The first kappa shape index (κ1) is 9.45. The molecule has 0 unspecified atom stereocenters. The molecule has 1 aliphatic carbocycles. The summed E-state index contributed by atoms with van der Waals surface area (Å²) < 4.78 is 10.6. The van der Waals surface area contributed by atoms with Crippen molar-refractivity contribution in [2.45, 2.75) is 25.8 Å². The van der Waals surface area contributed by atoms with Gasteiger partial charge in [-0.25, -0.2) is 0 Å². The first-order chi connectivity index (χ1) is 7.90. The summed E-state index contributed by atoms with van der Waals surface area (Å²) in [7, 11) is 0. The predicted molar refractivity (Wildman–Crippen MR) is 56.8 cm³/mol. The zero-order chi connectivity index (χ0) is 10.8. The van der Waals surface area contributed by atoms with E-state index in [0.717, 1.165) is 24.0 Å². The van der Waals surface area contributed by atoms with Gasteiger partial charge < -0.3 is 14.2 Å². The Kier molecular flexibility index (Phi) is 2.36. The van der Waals surface area contributed by atoms with Crippen LogP contribution in [0.15, 0.2) is 27.2 Å². The molecule has 1 saturated carbocycles. The van der Waals surface area contributed by atoms with Crippen molar-refractivity contribution in [2.75, 3.05) is 5.32 Å². The van der Waals surface area contributed by atoms with Crippen LogP contribution in [-0.4, -0.2) is 10.2 Å². The van der Waals surface area contributed by atoms with Gasteiger partial charge in [0.15, 0.2) is 0 Å². The molecule has 0 aliphatic heterocycles. The van der Waals surface area contributed by atoms with Crippen molar-refractivity contribution in [3.8, 4) is 0 Å². The van der Waals surface area contributed by atoms with Crippen LogP contribution in [0.1, 0.15) is 24.5 Å². The Hall–Kier alpha value is -1.78. The van der Waals surface area contributed by atoms with E-state index >= 15 is 0 Å². The van der Waals surface area contributed by atoms with E-state index in [1.807, 2.05) is 12.1 Å². The average molecular weight is 219 g/mol. The van der Waals surface area contributed by atoms with Crippen molar-refractivity contribution >= 4 is 6.01 Å². The molecular weight excluding hydrogens is 206 g/mol. The zero-order valence-electron chi connectivity index (χ0n) is 8.85. The second-order valence-corrected chi connectivity index (χ2v) is 4.08. The molecule has 5 heteroatoms. The van der Waals surface area contributed by atoms with Gasteiger partial charge in [0.05, 0.1) is 12.8 Å². The predicted octanol–water partition coefficient (Wildman–Crippen LogP) is 2.23. The Morgan fingerprint density at radius 1 is 1.38 bits per heavy atom. The topological polar surface area (TPSA) is 64.1 Å². The van der Waals surface area contributed by atoms with Gasteiger partial charge in [-0.05, 0) is 30.9 Å². The van der Waals surface area contributed by atoms with Crippen molar-refractivity contribution in [2.24, 2.45) is 5.92 Å². The molecule has 0 amide bonds. The highest BCUT2D eigenvalue weighted by atomic mass is 16.4. The second-order valence-electron chi connectivity index (χ2n) is 4.08. The monoisotopic (exact) mass is 219 g/mol. The molecule has 0 aromatic carbocycles. The Morgan fingerprint density at radius 2 is 2.31 bits per heavy atom. The number of anilines is 1. The van der Waals surface area contributed by atoms with Crippen LogP contribution in [0.25, 0.3) is 0 Å². The number of hydrogen-bond acceptors (Lipinski definition) is 5. The van der Waals surface area contributed by atoms with Crippen LogP contribution in [-0.2, 0) is 13.0 Å². The molecule has 2 heterocycles. The van der Waals surface area contributed by atoms with Gasteiger partial charge >= 0.3 is 6.01 Å². The lowest BCUT2D eigenvalue weighted by molar-refractivity contribution is 0.482. The normalized spacial score (nSPS) is 15.2. The SMILES string of the molecule is c1coc(CNc2nnc(CC3CC3)o2)c1. The first-order valence-electron chi connectivity index (χ1n) is 5.49. The van der Waals surface area contributed by atoms with Gasteiger partial charge in [-0.3, -0.25) is 0 Å². The van der Waals surface area contributed by atoms with E-state index in [1.165, 1.54) is 12.8 Å². The van der Waals surface area contributed by atoms with Gasteiger partial charge in [0.1, 0.15) is 5.76 Å². The lowest BCUT2D eigenvalue weighted by Gasteiger charge is -1.96. The molecule has 2 aromatic heterocycles. The second kappa shape index (κ2) is 4.00. The summed E-state index contributed by atoms with van der Waals surface area (Å²) in [6.45, 7) is 0.568. The quantitative estimate of drug-likeness (QED) is 0.835. The minimum Gasteiger partial charge on any atom is -0.467 e. The molecule has 1 fully saturated rings. The molecule has 0 radical (unpaired) electrons. The van der Waals surface area contributed by atoms with Crippen LogP contribution in [0, 0.1) is 5.92 Å². The Labute approximate surface area is 92.9 Å². The number of furan rings is 1. The fraction of sp³-hybridized carbons (Fsp3) is 0.455. The highest BCUT2D eigenvalue weighted by Gasteiger charge is 2.24. The molecule has 2 aromatic rings. The standard InChI is InChI=1S/C11H13N3O2/c1-2-9(15-5-1)7-12-11-14-13-10(16-11)6-8-3-4-8/h1-2,5,8H,3-4,6-7H2,(H,12,14). The minimum atomic E-state index is 0.465. The van der Waals surface area contributed by atoms with E-state index in [2.05, 4.69) is 15.5 Å². The Bertz CT molecular complexity index is 446. The van der Waals surface area contributed by atoms with Crippen LogP contribution in [0.2, 0.25) is 0 Å². The third-order valence-electron chi connectivity index (χ3n) is 2.62. The third kappa shape index (κ3) is 2.24. The van der Waals surface area contributed by atoms with Crippen LogP contribution in [0.3, 0.4) is 0 Å². The lowest BCUT2D eigenvalue weighted by atomic mass is 10.3. The molecule has 0 spiro atoms. The Morgan fingerprint density at radius 3 is 3.06 bits per heavy atom. The fourth-order valence-corrected chi connectivity index (χ4v) is 1.55. The third-order valence-corrected chi connectivity index (χ3v) is 2.62. The highest BCUT2D eigenvalue weighted by molar-refractivity contribution is 5.19. The summed E-state index contributed by atoms with van der Waals surface area (Å²) >= 11 is 0. The number of aromatic nitrogens is 2. The van der Waals surface area contributed by atoms with E-state index in [9.17, 15) is 0 Å². The average Bonchev–Trinajstić information content (AvgIpc) is 2.81. The summed E-state index contributed by atoms with van der Waals surface area (Å²) in [6.07, 6.45) is 5.13. The largest absolute Gasteiger partial charge is 0.467 e. The number of hydrogen-bond donors (Lipinski definition) is 1. The first-order valence-corrected chi connectivity index (χ1v) is 5.49. The molecule has 5 nitrogen and oxygen atoms in total. The minimum absolute atomic E-state index is 0.465. The molecule has 84 valence electrons. The van der Waals surface area contributed by atoms with Crippen molar-refractivity contribution < 1.29 is 8.83 Å². The molecule has 0 saturated heterocycles. The lowest BCUT2D eigenvalue weighted by Crippen LogP contribution is -1.97. The molecule has 0 atom stereocenters. The van der Waals surface area contributed by atoms with Crippen LogP contribution in [0.5, 0.6) is 0 Å². The smallest absolute Gasteiger partial charge is 0.315 e. The van der Waals surface area contributed by atoms with Gasteiger partial charge in [0.25, 0.3) is 0 Å². The van der Waals surface area contributed by atoms with Crippen molar-refractivity contribution in [3.63, 3.8) is 0 Å². The van der Waals surface area contributed by atoms with E-state index in [4.69, 9.17) is 8.83 Å². The summed E-state index contributed by atoms with van der Waals surface area (Å²) in [5.41, 5.74) is 0. The van der Waals surface area contributed by atoms with Gasteiger partial charge in [-0.1, -0.05) is 5.10 Å². The van der Waals surface area contributed by atoms with Gasteiger partial charge in [0, 0.05) is 6.42 Å². The molecule has 16 heavy (non-hydrogen) atoms. The van der Waals surface area contributed by atoms with E-state index in [1.54, 1.807) is 6.26 Å². The summed E-state index contributed by atoms with van der Waals surface area (Å²) in [4.78, 5) is 0. The highest BCUT2D eigenvalue weighted by Crippen LogP contribution is 2.32. The molecule has 1 aliphatic rings. The number of nitrogens with zero attached hydrogens (tertiary/aromatic N) is 2. The summed E-state index contributed by atoms with van der Waals surface area (Å²) in [5, 5.41) is 10.9. The van der Waals surface area contributed by atoms with Crippen LogP contribution in [0.4, 0.5) is 6.01 Å². The maximum absolute atomic E-state index is 5.46. The number of rotatable bonds is 5. The van der Waals surface area contributed by atoms with Crippen LogP contribution < -0.4 is 5.32 Å². The van der Waals surface area contributed by atoms with Crippen molar-refractivity contribution in [1.29, 1.82) is 0 Å². The summed E-state index contributed by atoms with van der Waals surface area (Å²) in [5.74, 6) is 2.34. The zero-order valence-corrected chi connectivity index (χ0v) is 8.85. The van der Waals surface area contributed by atoms with E-state index < -0.39 is 0 Å². The fourth-order valence-electron chi connectivity index (χ4n) is 1.55. The Balaban J connectivity index is 1.55. The van der Waals surface area contributed by atoms with Crippen molar-refractivity contribution in [3.05, 3.63) is 30.0 Å². The van der Waals surface area contributed by atoms with Crippen molar-refractivity contribution in [1.82, 2.24) is 10.2 Å². The maximum atomic E-state index is 5.46. The van der Waals surface area contributed by atoms with Crippen LogP contribution >= 0.6 is 0 Å². The van der Waals surface area contributed by atoms with Gasteiger partial charge in [0.2, 0.25) is 5.89 Å². The number of nitrogens with one attached hydrogen (secondary N) is 1. The molecule has 1 N–H and O–H groups in total. The van der Waals surface area contributed by atoms with Gasteiger partial charge in [-0.15, -0.1) is 5.10 Å². The molecule has 3 rings (SSSR count). The maximum Gasteiger partial charge on any atom is 0.315 e.